The van der Waals surface area contributed by atoms with Crippen LogP contribution in [0.1, 0.15) is 64.0 Å². The molecule has 0 radical (unpaired) electrons. The second-order valence-electron chi connectivity index (χ2n) is 10.9. The predicted molar refractivity (Wildman–Crippen MR) is 147 cm³/mol. The van der Waals surface area contributed by atoms with E-state index in [1.54, 1.807) is 17.1 Å². The van der Waals surface area contributed by atoms with Crippen LogP contribution in [0.4, 0.5) is 0 Å². The molecule has 3 aliphatic rings. The first kappa shape index (κ1) is 29.0. The van der Waals surface area contributed by atoms with Gasteiger partial charge >= 0.3 is 5.97 Å². The maximum absolute atomic E-state index is 14.5. The molecule has 1 N–H and O–H groups in total. The van der Waals surface area contributed by atoms with Crippen LogP contribution in [0.5, 0.6) is 0 Å². The van der Waals surface area contributed by atoms with Crippen LogP contribution in [0.15, 0.2) is 55.6 Å². The molecule has 0 aliphatic carbocycles. The van der Waals surface area contributed by atoms with Gasteiger partial charge in [-0.15, -0.1) is 13.2 Å². The van der Waals surface area contributed by atoms with Gasteiger partial charge in [-0.1, -0.05) is 55.8 Å². The number of hydrogen-bond acceptors (Lipinski definition) is 6. The van der Waals surface area contributed by atoms with Crippen molar-refractivity contribution in [3.05, 3.63) is 61.2 Å². The smallest absolute Gasteiger partial charge is 0.312 e. The lowest BCUT2D eigenvalue weighted by Crippen LogP contribution is -2.58. The Morgan fingerprint density at radius 1 is 1.28 bits per heavy atom. The van der Waals surface area contributed by atoms with Gasteiger partial charge < -0.3 is 24.4 Å². The Balaban J connectivity index is 1.76. The summed E-state index contributed by atoms with van der Waals surface area (Å²) in [6.07, 6.45) is 7.09. The van der Waals surface area contributed by atoms with Crippen molar-refractivity contribution in [2.24, 2.45) is 11.8 Å². The van der Waals surface area contributed by atoms with Crippen molar-refractivity contribution in [1.29, 1.82) is 0 Å². The predicted octanol–water partition coefficient (Wildman–Crippen LogP) is 3.81. The van der Waals surface area contributed by atoms with Gasteiger partial charge in [0.2, 0.25) is 11.8 Å². The number of esters is 1. The van der Waals surface area contributed by atoms with Gasteiger partial charge in [0.25, 0.3) is 0 Å². The number of amides is 2. The summed E-state index contributed by atoms with van der Waals surface area (Å²) in [6, 6.07) is 7.41. The lowest BCUT2D eigenvalue weighted by molar-refractivity contribution is -0.157. The maximum atomic E-state index is 14.5. The molecule has 1 aromatic rings. The molecule has 4 rings (SSSR count). The fourth-order valence-electron chi connectivity index (χ4n) is 6.86. The van der Waals surface area contributed by atoms with Crippen LogP contribution in [0.3, 0.4) is 0 Å². The molecule has 8 nitrogen and oxygen atoms in total. The number of fused-ring (bicyclic) bond motifs is 1. The van der Waals surface area contributed by atoms with E-state index in [-0.39, 0.29) is 31.1 Å². The second kappa shape index (κ2) is 12.5. The van der Waals surface area contributed by atoms with Gasteiger partial charge in [0.05, 0.1) is 37.2 Å². The second-order valence-corrected chi connectivity index (χ2v) is 10.9. The van der Waals surface area contributed by atoms with Crippen LogP contribution in [-0.2, 0) is 23.9 Å². The maximum Gasteiger partial charge on any atom is 0.312 e. The van der Waals surface area contributed by atoms with Crippen LogP contribution in [-0.4, -0.2) is 76.2 Å². The van der Waals surface area contributed by atoms with E-state index in [0.29, 0.717) is 25.8 Å². The Morgan fingerprint density at radius 3 is 2.67 bits per heavy atom. The van der Waals surface area contributed by atoms with Gasteiger partial charge in [0.1, 0.15) is 11.6 Å². The Labute approximate surface area is 231 Å². The van der Waals surface area contributed by atoms with E-state index in [0.717, 1.165) is 24.8 Å². The van der Waals surface area contributed by atoms with Crippen molar-refractivity contribution in [2.75, 3.05) is 19.8 Å². The molecule has 0 aromatic heterocycles. The number of hydrogen-bond donors (Lipinski definition) is 1. The summed E-state index contributed by atoms with van der Waals surface area (Å²) in [4.78, 5) is 45.5. The summed E-state index contributed by atoms with van der Waals surface area (Å²) in [5.74, 6) is -2.66. The van der Waals surface area contributed by atoms with Crippen LogP contribution < -0.4 is 0 Å². The molecule has 3 unspecified atom stereocenters. The molecule has 1 aromatic carbocycles. The Morgan fingerprint density at radius 2 is 2.03 bits per heavy atom. The van der Waals surface area contributed by atoms with Gasteiger partial charge in [-0.3, -0.25) is 14.4 Å². The first-order valence-corrected chi connectivity index (χ1v) is 14.2. The Hall–Kier alpha value is -2.97. The topological polar surface area (TPSA) is 96.4 Å². The van der Waals surface area contributed by atoms with E-state index in [1.165, 1.54) is 4.90 Å². The quantitative estimate of drug-likeness (QED) is 0.220. The third-order valence-electron chi connectivity index (χ3n) is 8.58. The minimum atomic E-state index is -1.16. The highest BCUT2D eigenvalue weighted by atomic mass is 16.6. The first-order valence-electron chi connectivity index (χ1n) is 14.2. The van der Waals surface area contributed by atoms with E-state index in [2.05, 4.69) is 20.1 Å². The van der Waals surface area contributed by atoms with E-state index in [4.69, 9.17) is 9.47 Å². The number of unbranched alkanes of at least 4 members (excludes halogenated alkanes) is 1. The van der Waals surface area contributed by atoms with E-state index in [1.807, 2.05) is 37.3 Å². The molecular formula is C31H42N2O6. The zero-order valence-corrected chi connectivity index (χ0v) is 23.2. The monoisotopic (exact) mass is 538 g/mol. The van der Waals surface area contributed by atoms with Crippen LogP contribution in [0.2, 0.25) is 0 Å². The molecule has 2 amide bonds. The number of allylic oxidation sites excluding steroid dienone is 1. The van der Waals surface area contributed by atoms with Gasteiger partial charge in [0.15, 0.2) is 0 Å². The first-order chi connectivity index (χ1) is 18.9. The standard InChI is InChI=1S/C31H42N2O6/c1-5-8-12-19-38-30(37)25-24-16-17-31(39-24)26(25)28(35)33(23(20-34)22-14-10-9-11-15-22)27(31)29(36)32(18-7-3)21(4)13-6-2/h5,7,9-11,14-15,21,23-27,34H,1,3,6,8,12-13,16-20H2,2,4H3/t21?,23-,24+,25-,26+,27?,31?/m1/s1. The molecule has 1 spiro atoms. The molecule has 3 fully saturated rings. The zero-order chi connectivity index (χ0) is 28.2. The number of rotatable bonds is 14. The fraction of sp³-hybridized carbons (Fsp3) is 0.581. The highest BCUT2D eigenvalue weighted by molar-refractivity contribution is 5.98. The minimum absolute atomic E-state index is 0.0820. The summed E-state index contributed by atoms with van der Waals surface area (Å²) >= 11 is 0. The molecule has 39 heavy (non-hydrogen) atoms. The molecule has 2 bridgehead atoms. The number of aliphatic hydroxyl groups excluding tert-OH is 1. The zero-order valence-electron chi connectivity index (χ0n) is 23.2. The van der Waals surface area contributed by atoms with Crippen molar-refractivity contribution in [3.8, 4) is 0 Å². The minimum Gasteiger partial charge on any atom is -0.465 e. The van der Waals surface area contributed by atoms with E-state index in [9.17, 15) is 19.5 Å². The lowest BCUT2D eigenvalue weighted by Gasteiger charge is -2.41. The van der Waals surface area contributed by atoms with E-state index < -0.39 is 41.6 Å². The lowest BCUT2D eigenvalue weighted by atomic mass is 9.70. The third kappa shape index (κ3) is 5.16. The molecule has 0 saturated carbocycles. The van der Waals surface area contributed by atoms with Crippen LogP contribution in [0.25, 0.3) is 0 Å². The third-order valence-corrected chi connectivity index (χ3v) is 8.58. The SMILES string of the molecule is C=CCCCOC(=O)[C@@H]1[C@@H]2CCC3(O2)C(C(=O)N(CC=C)C(C)CCC)N([C@H](CO)c2ccccc2)C(=O)[C@H]13. The molecule has 3 saturated heterocycles. The number of aliphatic hydroxyl groups is 1. The number of carbonyl (C=O) groups excluding carboxylic acids is 3. The summed E-state index contributed by atoms with van der Waals surface area (Å²) in [6.45, 7) is 11.8. The number of carbonyl (C=O) groups is 3. The molecule has 3 aliphatic heterocycles. The van der Waals surface area contributed by atoms with Crippen molar-refractivity contribution in [1.82, 2.24) is 9.80 Å². The summed E-state index contributed by atoms with van der Waals surface area (Å²) in [7, 11) is 0. The molecule has 8 heteroatoms. The summed E-state index contributed by atoms with van der Waals surface area (Å²) < 4.78 is 12.1. The van der Waals surface area contributed by atoms with Gasteiger partial charge in [0, 0.05) is 12.6 Å². The number of nitrogens with zero attached hydrogens (tertiary/aromatic N) is 2. The van der Waals surface area contributed by atoms with Gasteiger partial charge in [-0.25, -0.2) is 0 Å². The van der Waals surface area contributed by atoms with Crippen LogP contribution in [0, 0.1) is 11.8 Å². The average Bonchev–Trinajstić information content (AvgIpc) is 3.58. The van der Waals surface area contributed by atoms with Crippen molar-refractivity contribution < 1.29 is 29.0 Å². The fourth-order valence-corrected chi connectivity index (χ4v) is 6.86. The molecular weight excluding hydrogens is 496 g/mol. The van der Waals surface area contributed by atoms with Crippen LogP contribution >= 0.6 is 0 Å². The number of ether oxygens (including phenoxy) is 2. The van der Waals surface area contributed by atoms with E-state index >= 15 is 0 Å². The van der Waals surface area contributed by atoms with Crippen molar-refractivity contribution in [3.63, 3.8) is 0 Å². The normalized spacial score (nSPS) is 28.6. The number of likely N-dealkylation sites (tertiary alicyclic amines) is 1. The van der Waals surface area contributed by atoms with Gasteiger partial charge in [-0.05, 0) is 44.6 Å². The average molecular weight is 539 g/mol. The highest BCUT2D eigenvalue weighted by Crippen LogP contribution is 2.60. The largest absolute Gasteiger partial charge is 0.465 e. The number of benzene rings is 1. The summed E-state index contributed by atoms with van der Waals surface area (Å²) in [5.41, 5.74) is -0.436. The summed E-state index contributed by atoms with van der Waals surface area (Å²) in [5, 5.41) is 10.6. The van der Waals surface area contributed by atoms with Gasteiger partial charge in [-0.2, -0.15) is 0 Å². The van der Waals surface area contributed by atoms with Crippen molar-refractivity contribution >= 4 is 17.8 Å². The highest BCUT2D eigenvalue weighted by Gasteiger charge is 2.75. The Kier molecular flexibility index (Phi) is 9.28. The van der Waals surface area contributed by atoms with Crippen molar-refractivity contribution in [2.45, 2.75) is 82.2 Å². The molecule has 3 heterocycles. The molecule has 212 valence electrons. The Bertz CT molecular complexity index is 1060. The molecule has 7 atom stereocenters.